The van der Waals surface area contributed by atoms with Gasteiger partial charge in [-0.1, -0.05) is 0 Å². The van der Waals surface area contributed by atoms with E-state index in [4.69, 9.17) is 4.74 Å². The van der Waals surface area contributed by atoms with E-state index in [0.717, 1.165) is 44.5 Å². The molecule has 0 radical (unpaired) electrons. The highest BCUT2D eigenvalue weighted by Gasteiger charge is 2.30. The molecule has 1 aromatic rings. The Morgan fingerprint density at radius 3 is 2.53 bits per heavy atom. The van der Waals surface area contributed by atoms with Crippen LogP contribution in [0.4, 0.5) is 18.9 Å². The topological polar surface area (TPSA) is 21.3 Å². The van der Waals surface area contributed by atoms with E-state index in [1.807, 2.05) is 0 Å². The molecule has 0 amide bonds. The molecule has 0 spiro atoms. The molecule has 1 N–H and O–H groups in total. The minimum Gasteiger partial charge on any atom is -0.385 e. The maximum absolute atomic E-state index is 12.5. The highest BCUT2D eigenvalue weighted by Crippen LogP contribution is 2.33. The van der Waals surface area contributed by atoms with Crippen LogP contribution in [0, 0.1) is 0 Å². The standard InChI is InChI=1S/C13H17BrF3NO/c1-19-8-4-2-3-7-18-12-6-5-10(9-11(12)14)13(15,16)17/h5-6,9,18H,2-4,7-8H2,1H3. The minimum absolute atomic E-state index is 0.430. The fraction of sp³-hybridized carbons (Fsp3) is 0.538. The number of hydrogen-bond donors (Lipinski definition) is 1. The van der Waals surface area contributed by atoms with Crippen molar-refractivity contribution < 1.29 is 17.9 Å². The lowest BCUT2D eigenvalue weighted by atomic mass is 10.2. The molecule has 108 valence electrons. The van der Waals surface area contributed by atoms with Crippen LogP contribution in [-0.4, -0.2) is 20.3 Å². The van der Waals surface area contributed by atoms with Gasteiger partial charge in [-0.05, 0) is 53.4 Å². The van der Waals surface area contributed by atoms with Crippen molar-refractivity contribution in [2.45, 2.75) is 25.4 Å². The van der Waals surface area contributed by atoms with Crippen molar-refractivity contribution in [3.8, 4) is 0 Å². The maximum Gasteiger partial charge on any atom is 0.416 e. The van der Waals surface area contributed by atoms with Gasteiger partial charge in [-0.15, -0.1) is 0 Å². The molecule has 0 unspecified atom stereocenters. The Morgan fingerprint density at radius 1 is 1.21 bits per heavy atom. The Hall–Kier alpha value is -0.750. The first-order valence-corrected chi connectivity index (χ1v) is 6.84. The highest BCUT2D eigenvalue weighted by atomic mass is 79.9. The third kappa shape index (κ3) is 5.82. The predicted octanol–water partition coefficient (Wildman–Crippen LogP) is 4.70. The molecule has 0 atom stereocenters. The van der Waals surface area contributed by atoms with E-state index in [1.54, 1.807) is 7.11 Å². The molecule has 0 aliphatic heterocycles. The van der Waals surface area contributed by atoms with Crippen molar-refractivity contribution in [2.75, 3.05) is 25.6 Å². The molecular weight excluding hydrogens is 323 g/mol. The number of rotatable bonds is 7. The quantitative estimate of drug-likeness (QED) is 0.727. The van der Waals surface area contributed by atoms with Crippen LogP contribution < -0.4 is 5.32 Å². The van der Waals surface area contributed by atoms with Gasteiger partial charge >= 0.3 is 6.18 Å². The first-order valence-electron chi connectivity index (χ1n) is 6.04. The number of alkyl halides is 3. The molecule has 0 bridgehead atoms. The zero-order chi connectivity index (χ0) is 14.3. The summed E-state index contributed by atoms with van der Waals surface area (Å²) in [6.07, 6.45) is -1.33. The lowest BCUT2D eigenvalue weighted by molar-refractivity contribution is -0.137. The third-order valence-electron chi connectivity index (χ3n) is 2.64. The molecule has 0 saturated carbocycles. The Balaban J connectivity index is 2.43. The second-order valence-electron chi connectivity index (χ2n) is 4.17. The number of halogens is 4. The summed E-state index contributed by atoms with van der Waals surface area (Å²) in [4.78, 5) is 0. The highest BCUT2D eigenvalue weighted by molar-refractivity contribution is 9.10. The zero-order valence-corrected chi connectivity index (χ0v) is 12.3. The number of ether oxygens (including phenoxy) is 1. The molecule has 2 nitrogen and oxygen atoms in total. The number of nitrogens with one attached hydrogen (secondary N) is 1. The van der Waals surface area contributed by atoms with Crippen LogP contribution in [0.5, 0.6) is 0 Å². The molecule has 0 fully saturated rings. The Labute approximate surface area is 119 Å². The van der Waals surface area contributed by atoms with E-state index in [0.29, 0.717) is 10.2 Å². The van der Waals surface area contributed by atoms with Gasteiger partial charge in [-0.2, -0.15) is 13.2 Å². The normalized spacial score (nSPS) is 11.6. The number of benzene rings is 1. The van der Waals surface area contributed by atoms with Crippen molar-refractivity contribution >= 4 is 21.6 Å². The van der Waals surface area contributed by atoms with Crippen molar-refractivity contribution in [1.29, 1.82) is 0 Å². The van der Waals surface area contributed by atoms with Gasteiger partial charge in [0.15, 0.2) is 0 Å². The lowest BCUT2D eigenvalue weighted by Crippen LogP contribution is -2.07. The summed E-state index contributed by atoms with van der Waals surface area (Å²) in [5.41, 5.74) is 0.0322. The summed E-state index contributed by atoms with van der Waals surface area (Å²) in [5, 5.41) is 3.11. The molecule has 0 heterocycles. The maximum atomic E-state index is 12.5. The van der Waals surface area contributed by atoms with Crippen molar-refractivity contribution in [3.63, 3.8) is 0 Å². The summed E-state index contributed by atoms with van der Waals surface area (Å²) in [6, 6.07) is 3.62. The van der Waals surface area contributed by atoms with Gasteiger partial charge in [-0.3, -0.25) is 0 Å². The van der Waals surface area contributed by atoms with E-state index < -0.39 is 11.7 Å². The minimum atomic E-state index is -4.30. The molecule has 0 saturated heterocycles. The van der Waals surface area contributed by atoms with Gasteiger partial charge in [0.2, 0.25) is 0 Å². The Kier molecular flexibility index (Phi) is 6.65. The molecule has 0 aliphatic rings. The smallest absolute Gasteiger partial charge is 0.385 e. The van der Waals surface area contributed by atoms with Gasteiger partial charge in [0, 0.05) is 30.4 Å². The number of hydrogen-bond acceptors (Lipinski definition) is 2. The average molecular weight is 340 g/mol. The van der Waals surface area contributed by atoms with Crippen LogP contribution in [-0.2, 0) is 10.9 Å². The zero-order valence-electron chi connectivity index (χ0n) is 10.7. The summed E-state index contributed by atoms with van der Waals surface area (Å²) < 4.78 is 42.8. The summed E-state index contributed by atoms with van der Waals surface area (Å²) >= 11 is 3.15. The van der Waals surface area contributed by atoms with Gasteiger partial charge in [-0.25, -0.2) is 0 Å². The van der Waals surface area contributed by atoms with E-state index in [-0.39, 0.29) is 0 Å². The van der Waals surface area contributed by atoms with Crippen LogP contribution in [0.3, 0.4) is 0 Å². The van der Waals surface area contributed by atoms with Crippen LogP contribution in [0.25, 0.3) is 0 Å². The number of unbranched alkanes of at least 4 members (excludes halogenated alkanes) is 2. The molecule has 1 rings (SSSR count). The monoisotopic (exact) mass is 339 g/mol. The Bertz CT molecular complexity index is 396. The lowest BCUT2D eigenvalue weighted by Gasteiger charge is -2.12. The molecule has 0 aromatic heterocycles. The van der Waals surface area contributed by atoms with E-state index in [1.165, 1.54) is 6.07 Å². The fourth-order valence-electron chi connectivity index (χ4n) is 1.61. The van der Waals surface area contributed by atoms with Crippen LogP contribution in [0.15, 0.2) is 22.7 Å². The second kappa shape index (κ2) is 7.75. The largest absolute Gasteiger partial charge is 0.416 e. The molecule has 1 aromatic carbocycles. The second-order valence-corrected chi connectivity index (χ2v) is 5.03. The Morgan fingerprint density at radius 2 is 1.95 bits per heavy atom. The van der Waals surface area contributed by atoms with E-state index in [9.17, 15) is 13.2 Å². The van der Waals surface area contributed by atoms with Crippen molar-refractivity contribution in [3.05, 3.63) is 28.2 Å². The molecule has 0 aliphatic carbocycles. The molecule has 19 heavy (non-hydrogen) atoms. The van der Waals surface area contributed by atoms with Gasteiger partial charge in [0.25, 0.3) is 0 Å². The van der Waals surface area contributed by atoms with Gasteiger partial charge in [0.05, 0.1) is 5.56 Å². The predicted molar refractivity (Wildman–Crippen MR) is 73.4 cm³/mol. The third-order valence-corrected chi connectivity index (χ3v) is 3.29. The first-order chi connectivity index (χ1) is 8.95. The van der Waals surface area contributed by atoms with Crippen LogP contribution >= 0.6 is 15.9 Å². The fourth-order valence-corrected chi connectivity index (χ4v) is 2.13. The summed E-state index contributed by atoms with van der Waals surface area (Å²) in [6.45, 7) is 1.47. The van der Waals surface area contributed by atoms with Gasteiger partial charge < -0.3 is 10.1 Å². The summed E-state index contributed by atoms with van der Waals surface area (Å²) in [5.74, 6) is 0. The van der Waals surface area contributed by atoms with Crippen molar-refractivity contribution in [2.24, 2.45) is 0 Å². The van der Waals surface area contributed by atoms with Gasteiger partial charge in [0.1, 0.15) is 0 Å². The molecule has 6 heteroatoms. The SMILES string of the molecule is COCCCCCNc1ccc(C(F)(F)F)cc1Br. The van der Waals surface area contributed by atoms with E-state index in [2.05, 4.69) is 21.2 Å². The van der Waals surface area contributed by atoms with Crippen molar-refractivity contribution in [1.82, 2.24) is 0 Å². The average Bonchev–Trinajstić information content (AvgIpc) is 2.34. The number of methoxy groups -OCH3 is 1. The van der Waals surface area contributed by atoms with Crippen LogP contribution in [0.1, 0.15) is 24.8 Å². The molecular formula is C13H17BrF3NO. The summed E-state index contributed by atoms with van der Waals surface area (Å²) in [7, 11) is 1.66. The number of anilines is 1. The van der Waals surface area contributed by atoms with E-state index >= 15 is 0 Å². The van der Waals surface area contributed by atoms with Crippen LogP contribution in [0.2, 0.25) is 0 Å². The first kappa shape index (κ1) is 16.3.